The molecule has 1 aliphatic rings. The van der Waals surface area contributed by atoms with Gasteiger partial charge in [-0.2, -0.15) is 19.9 Å². The lowest BCUT2D eigenvalue weighted by Crippen LogP contribution is -2.22. The van der Waals surface area contributed by atoms with E-state index in [-0.39, 0.29) is 123 Å². The maximum Gasteiger partial charge on any atom is 0.246 e. The van der Waals surface area contributed by atoms with Gasteiger partial charge in [-0.05, 0) is 24.3 Å². The van der Waals surface area contributed by atoms with Crippen LogP contribution >= 0.6 is 92.8 Å². The summed E-state index contributed by atoms with van der Waals surface area (Å²) in [5.41, 5.74) is 14.8. The average Bonchev–Trinajstić information content (AvgIpc) is 3.31. The second-order valence-corrected chi connectivity index (χ2v) is 16.4. The van der Waals surface area contributed by atoms with Gasteiger partial charge in [0, 0.05) is 22.3 Å². The number of nitrogens with one attached hydrogen (secondary N) is 8. The van der Waals surface area contributed by atoms with E-state index in [4.69, 9.17) is 92.8 Å². The number of hydrazine groups is 2. The van der Waals surface area contributed by atoms with E-state index in [0.29, 0.717) is 22.3 Å². The van der Waals surface area contributed by atoms with Crippen LogP contribution in [0.3, 0.4) is 0 Å². The van der Waals surface area contributed by atoms with E-state index in [1.54, 1.807) is 72.8 Å². The molecule has 0 saturated carbocycles. The van der Waals surface area contributed by atoms with Crippen LogP contribution in [0.1, 0.15) is 0 Å². The summed E-state index contributed by atoms with van der Waals surface area (Å²) in [6.07, 6.45) is 0. The minimum Gasteiger partial charge on any atom is -0.335 e. The van der Waals surface area contributed by atoms with Crippen LogP contribution in [0.15, 0.2) is 72.8 Å². The van der Waals surface area contributed by atoms with E-state index < -0.39 is 0 Å². The van der Waals surface area contributed by atoms with Crippen molar-refractivity contribution < 1.29 is 0 Å². The SMILES string of the molecule is Clc1cccc(-c2nnc3nc2NNc2nc(nnc2-c2cccc(Cl)c2Cl)NCNc2nnc(-c4cccc(Cl)c4Cl)c(n2)NNc2nc(nnc2-c2cccc(Cl)c2Cl)NCN3)c1Cl. The molecule has 0 fully saturated rings. The van der Waals surface area contributed by atoms with Gasteiger partial charge in [-0.3, -0.25) is 21.7 Å². The normalized spacial score (nSPS) is 12.5. The second-order valence-electron chi connectivity index (χ2n) is 13.3. The van der Waals surface area contributed by atoms with Crippen molar-refractivity contribution in [2.45, 2.75) is 0 Å². The van der Waals surface area contributed by atoms with E-state index >= 15 is 0 Å². The van der Waals surface area contributed by atoms with Crippen molar-refractivity contribution >= 4 is 140 Å². The summed E-state index contributed by atoms with van der Waals surface area (Å²) in [7, 11) is 0. The molecule has 8 N–H and O–H groups in total. The number of fused-ring (bicyclic) bond motifs is 8. The summed E-state index contributed by atoms with van der Waals surface area (Å²) in [4.78, 5) is 18.8. The third-order valence-corrected chi connectivity index (χ3v) is 12.4. The Kier molecular flexibility index (Phi) is 13.3. The maximum absolute atomic E-state index is 6.66. The van der Waals surface area contributed by atoms with E-state index in [2.05, 4.69) is 104 Å². The molecule has 5 heterocycles. The van der Waals surface area contributed by atoms with Gasteiger partial charge in [0.1, 0.15) is 22.8 Å². The fourth-order valence-corrected chi connectivity index (χ4v) is 7.63. The fourth-order valence-electron chi connectivity index (χ4n) is 6.07. The molecule has 8 bridgehead atoms. The van der Waals surface area contributed by atoms with Gasteiger partial charge >= 0.3 is 0 Å². The highest BCUT2D eigenvalue weighted by atomic mass is 35.5. The van der Waals surface area contributed by atoms with Gasteiger partial charge in [0.25, 0.3) is 0 Å². The van der Waals surface area contributed by atoms with Crippen molar-refractivity contribution in [2.24, 2.45) is 0 Å². The lowest BCUT2D eigenvalue weighted by molar-refractivity contribution is 0.930. The molecule has 4 aromatic heterocycles. The highest BCUT2D eigenvalue weighted by molar-refractivity contribution is 6.45. The van der Waals surface area contributed by atoms with E-state index in [1.165, 1.54) is 0 Å². The van der Waals surface area contributed by atoms with Crippen molar-refractivity contribution in [1.82, 2.24) is 60.7 Å². The molecule has 4 aromatic carbocycles. The molecule has 0 saturated heterocycles. The van der Waals surface area contributed by atoms with Gasteiger partial charge < -0.3 is 21.3 Å². The summed E-state index contributed by atoms with van der Waals surface area (Å²) in [6, 6.07) is 20.2. The number of rotatable bonds is 4. The van der Waals surface area contributed by atoms with Crippen molar-refractivity contribution in [1.29, 1.82) is 0 Å². The standard InChI is InChI=1S/C38H24Cl8N20/c39-19-9-1-5-15(23(19)43)27-31-51-35(63-55-27)47-13-48-37-53-33(29(57-65-37)17-7-3-11-21(41)25(17)45)61-62-34-30(18-8-4-12-22(42)26(18)46)58-66-38(54-34)50-14-49-36-52-32(60-59-31)28(56-64-36)16-6-2-10-20(40)24(16)44/h1-12H,13-14H2,(H2,47,51,59,63)(H2,49,52,60,64)(H2,48,53,61,65)(H2,50,54,62,66). The van der Waals surface area contributed by atoms with Crippen molar-refractivity contribution in [3.8, 4) is 45.0 Å². The first-order chi connectivity index (χ1) is 32.0. The lowest BCUT2D eigenvalue weighted by atomic mass is 10.1. The Labute approximate surface area is 412 Å². The van der Waals surface area contributed by atoms with E-state index in [0.717, 1.165) is 0 Å². The molecule has 20 nitrogen and oxygen atoms in total. The van der Waals surface area contributed by atoms with Gasteiger partial charge in [-0.1, -0.05) is 141 Å². The smallest absolute Gasteiger partial charge is 0.246 e. The average molecular weight is 1040 g/mol. The molecule has 8 aromatic rings. The third-order valence-electron chi connectivity index (χ3n) is 9.16. The summed E-state index contributed by atoms with van der Waals surface area (Å²) in [5.74, 6) is 0.762. The number of halogens is 8. The fraction of sp³-hybridized carbons (Fsp3) is 0.0526. The summed E-state index contributed by atoms with van der Waals surface area (Å²) in [5, 5.41) is 49.1. The molecule has 332 valence electrons. The summed E-state index contributed by atoms with van der Waals surface area (Å²) >= 11 is 52.3. The zero-order valence-corrected chi connectivity index (χ0v) is 38.8. The topological polar surface area (TPSA) is 251 Å². The zero-order chi connectivity index (χ0) is 45.9. The van der Waals surface area contributed by atoms with Gasteiger partial charge in [-0.25, -0.2) is 0 Å². The summed E-state index contributed by atoms with van der Waals surface area (Å²) < 4.78 is 0. The molecular weight excluding hydrogens is 1020 g/mol. The maximum atomic E-state index is 6.66. The molecule has 0 atom stereocenters. The number of nitrogens with zero attached hydrogens (tertiary/aromatic N) is 12. The minimum atomic E-state index is -0.0395. The number of hydrogen-bond donors (Lipinski definition) is 8. The predicted octanol–water partition coefficient (Wildman–Crippen LogP) is 10.5. The van der Waals surface area contributed by atoms with E-state index in [9.17, 15) is 0 Å². The monoisotopic (exact) mass is 1040 g/mol. The highest BCUT2D eigenvalue weighted by Crippen LogP contribution is 2.40. The Morgan fingerprint density at radius 3 is 0.758 bits per heavy atom. The van der Waals surface area contributed by atoms with Gasteiger partial charge in [0.2, 0.25) is 23.8 Å². The molecule has 28 heteroatoms. The second kappa shape index (κ2) is 19.6. The van der Waals surface area contributed by atoms with Gasteiger partial charge in [0.05, 0.1) is 53.5 Å². The quantitative estimate of drug-likeness (QED) is 0.0816. The molecule has 1 aliphatic heterocycles. The number of aromatic nitrogens is 12. The molecule has 0 unspecified atom stereocenters. The Balaban J connectivity index is 1.14. The first-order valence-corrected chi connectivity index (χ1v) is 21.8. The first kappa shape index (κ1) is 44.8. The van der Waals surface area contributed by atoms with E-state index in [1.807, 2.05) is 0 Å². The Morgan fingerprint density at radius 1 is 0.303 bits per heavy atom. The van der Waals surface area contributed by atoms with Crippen LogP contribution in [0.4, 0.5) is 47.1 Å². The Morgan fingerprint density at radius 2 is 0.530 bits per heavy atom. The largest absolute Gasteiger partial charge is 0.335 e. The third kappa shape index (κ3) is 9.48. The van der Waals surface area contributed by atoms with Gasteiger partial charge in [-0.15, -0.1) is 40.8 Å². The van der Waals surface area contributed by atoms with Crippen molar-refractivity contribution in [2.75, 3.05) is 56.3 Å². The van der Waals surface area contributed by atoms with Crippen LogP contribution in [0.5, 0.6) is 0 Å². The lowest BCUT2D eigenvalue weighted by Gasteiger charge is -2.18. The molecular formula is C38H24Cl8N20. The molecule has 66 heavy (non-hydrogen) atoms. The number of hydrogen-bond acceptors (Lipinski definition) is 20. The highest BCUT2D eigenvalue weighted by Gasteiger charge is 2.23. The summed E-state index contributed by atoms with van der Waals surface area (Å²) in [6.45, 7) is -0.0790. The molecule has 0 radical (unpaired) electrons. The van der Waals surface area contributed by atoms with Crippen LogP contribution in [0.2, 0.25) is 40.2 Å². The van der Waals surface area contributed by atoms with Crippen LogP contribution in [0.25, 0.3) is 45.0 Å². The van der Waals surface area contributed by atoms with Crippen molar-refractivity contribution in [3.63, 3.8) is 0 Å². The zero-order valence-electron chi connectivity index (χ0n) is 32.7. The number of benzene rings is 4. The van der Waals surface area contributed by atoms with Crippen LogP contribution < -0.4 is 43.0 Å². The minimum absolute atomic E-state index is 0.0395. The Bertz CT molecular complexity index is 2740. The number of anilines is 8. The predicted molar refractivity (Wildman–Crippen MR) is 260 cm³/mol. The first-order valence-electron chi connectivity index (χ1n) is 18.8. The van der Waals surface area contributed by atoms with Crippen molar-refractivity contribution in [3.05, 3.63) is 113 Å². The van der Waals surface area contributed by atoms with Gasteiger partial charge in [0.15, 0.2) is 23.3 Å². The molecule has 0 spiro atoms. The van der Waals surface area contributed by atoms with Crippen LogP contribution in [0, 0.1) is 0 Å². The van der Waals surface area contributed by atoms with Crippen LogP contribution in [-0.4, -0.2) is 74.1 Å². The molecule has 0 amide bonds. The Hall–Kier alpha value is -6.36. The van der Waals surface area contributed by atoms with Crippen LogP contribution in [-0.2, 0) is 0 Å². The molecule has 0 aliphatic carbocycles. The molecule has 9 rings (SSSR count).